The second kappa shape index (κ2) is 12.9. The van der Waals surface area contributed by atoms with Crippen molar-refractivity contribution in [1.82, 2.24) is 14.8 Å². The Bertz CT molecular complexity index is 1800. The Kier molecular flexibility index (Phi) is 8.42. The zero-order chi connectivity index (χ0) is 30.8. The average Bonchev–Trinajstić information content (AvgIpc) is 3.09. The number of amides is 1. The van der Waals surface area contributed by atoms with E-state index in [0.29, 0.717) is 30.3 Å². The quantitative estimate of drug-likeness (QED) is 0.223. The van der Waals surface area contributed by atoms with Gasteiger partial charge in [-0.1, -0.05) is 103 Å². The number of H-pyrrole nitrogens is 1. The molecule has 1 N–H and O–H groups in total. The van der Waals surface area contributed by atoms with Crippen molar-refractivity contribution in [2.24, 2.45) is 5.92 Å². The van der Waals surface area contributed by atoms with Crippen molar-refractivity contribution in [3.8, 4) is 11.1 Å². The normalized spacial score (nSPS) is 17.6. The van der Waals surface area contributed by atoms with Crippen molar-refractivity contribution in [3.63, 3.8) is 0 Å². The van der Waals surface area contributed by atoms with Crippen molar-refractivity contribution in [2.75, 3.05) is 44.2 Å². The van der Waals surface area contributed by atoms with E-state index >= 15 is 0 Å². The van der Waals surface area contributed by atoms with E-state index in [4.69, 9.17) is 11.6 Å². The maximum Gasteiger partial charge on any atom is 0.272 e. The van der Waals surface area contributed by atoms with Gasteiger partial charge in [-0.15, -0.1) is 0 Å². The second-order valence-electron chi connectivity index (χ2n) is 12.1. The van der Waals surface area contributed by atoms with Crippen molar-refractivity contribution in [3.05, 3.63) is 136 Å². The number of aromatic amines is 1. The molecular formula is C38H37ClN4O2. The predicted molar refractivity (Wildman–Crippen MR) is 183 cm³/mol. The van der Waals surface area contributed by atoms with Crippen LogP contribution in [0.2, 0.25) is 5.02 Å². The van der Waals surface area contributed by atoms with E-state index in [9.17, 15) is 9.59 Å². The SMILES string of the molecule is O=C([C@@H]1CCCN(c2c(-c3ccccc3)c3cc(Cl)ccc3[nH]c2=O)C1)N1CCN(C(c2ccccc2)c2ccccc2)CC1. The first-order valence-electron chi connectivity index (χ1n) is 15.9. The van der Waals surface area contributed by atoms with E-state index in [2.05, 4.69) is 75.4 Å². The minimum atomic E-state index is -0.164. The molecule has 2 aliphatic rings. The Morgan fingerprint density at radius 2 is 1.40 bits per heavy atom. The van der Waals surface area contributed by atoms with Gasteiger partial charge < -0.3 is 14.8 Å². The number of benzene rings is 4. The summed E-state index contributed by atoms with van der Waals surface area (Å²) in [5, 5.41) is 1.52. The maximum atomic E-state index is 14.0. The van der Waals surface area contributed by atoms with Crippen LogP contribution in [0.5, 0.6) is 0 Å². The number of carbonyl (C=O) groups excluding carboxylic acids is 1. The summed E-state index contributed by atoms with van der Waals surface area (Å²) in [5.74, 6) is 0.0271. The Balaban J connectivity index is 1.12. The molecule has 2 aliphatic heterocycles. The predicted octanol–water partition coefficient (Wildman–Crippen LogP) is 7.00. The molecule has 0 radical (unpaired) electrons. The van der Waals surface area contributed by atoms with Crippen LogP contribution in [-0.4, -0.2) is 60.0 Å². The Morgan fingerprint density at radius 3 is 2.04 bits per heavy atom. The number of piperazine rings is 1. The maximum absolute atomic E-state index is 14.0. The molecule has 1 aromatic heterocycles. The summed E-state index contributed by atoms with van der Waals surface area (Å²) in [4.78, 5) is 37.5. The van der Waals surface area contributed by atoms with Gasteiger partial charge in [0.25, 0.3) is 5.56 Å². The lowest BCUT2D eigenvalue weighted by Gasteiger charge is -2.42. The number of anilines is 1. The number of hydrogen-bond acceptors (Lipinski definition) is 4. The fourth-order valence-electron chi connectivity index (χ4n) is 7.18. The highest BCUT2D eigenvalue weighted by Gasteiger charge is 2.34. The van der Waals surface area contributed by atoms with Crippen molar-refractivity contribution < 1.29 is 4.79 Å². The van der Waals surface area contributed by atoms with E-state index in [0.717, 1.165) is 54.5 Å². The van der Waals surface area contributed by atoms with Gasteiger partial charge in [-0.3, -0.25) is 14.5 Å². The molecule has 5 aromatic rings. The van der Waals surface area contributed by atoms with Gasteiger partial charge in [0.2, 0.25) is 5.91 Å². The molecular weight excluding hydrogens is 580 g/mol. The Morgan fingerprint density at radius 1 is 0.778 bits per heavy atom. The number of hydrogen-bond donors (Lipinski definition) is 1. The van der Waals surface area contributed by atoms with Crippen LogP contribution in [0.1, 0.15) is 30.0 Å². The first-order chi connectivity index (χ1) is 22.1. The molecule has 0 unspecified atom stereocenters. The van der Waals surface area contributed by atoms with Gasteiger partial charge >= 0.3 is 0 Å². The molecule has 6 nitrogen and oxygen atoms in total. The first kappa shape index (κ1) is 29.3. The lowest BCUT2D eigenvalue weighted by Crippen LogP contribution is -2.53. The lowest BCUT2D eigenvalue weighted by molar-refractivity contribution is -0.137. The topological polar surface area (TPSA) is 59.7 Å². The molecule has 4 aromatic carbocycles. The minimum absolute atomic E-state index is 0.141. The van der Waals surface area contributed by atoms with Gasteiger partial charge in [0.1, 0.15) is 5.69 Å². The molecule has 3 heterocycles. The van der Waals surface area contributed by atoms with Crippen LogP contribution in [0, 0.1) is 5.92 Å². The lowest BCUT2D eigenvalue weighted by atomic mass is 9.93. The van der Waals surface area contributed by atoms with Gasteiger partial charge in [-0.2, -0.15) is 0 Å². The van der Waals surface area contributed by atoms with Gasteiger partial charge in [0, 0.05) is 60.8 Å². The molecule has 0 aliphatic carbocycles. The standard InChI is InChI=1S/C38H37ClN4O2/c39-31-18-19-33-32(25-31)34(27-11-4-1-5-12-27)36(37(44)40-33)43-20-10-17-30(26-43)38(45)42-23-21-41(22-24-42)35(28-13-6-2-7-14-28)29-15-8-3-9-16-29/h1-9,11-16,18-19,25,30,35H,10,17,20-24,26H2,(H,40,44)/t30-/m1/s1. The summed E-state index contributed by atoms with van der Waals surface area (Å²) in [7, 11) is 0. The van der Waals surface area contributed by atoms with Gasteiger partial charge in [-0.25, -0.2) is 0 Å². The summed E-state index contributed by atoms with van der Waals surface area (Å²) < 4.78 is 0. The van der Waals surface area contributed by atoms with E-state index in [1.807, 2.05) is 47.4 Å². The molecule has 0 bridgehead atoms. The number of halogens is 1. The van der Waals surface area contributed by atoms with Gasteiger partial charge in [0.15, 0.2) is 0 Å². The summed E-state index contributed by atoms with van der Waals surface area (Å²) >= 11 is 6.45. The number of piperidine rings is 1. The third-order valence-electron chi connectivity index (χ3n) is 9.32. The molecule has 7 rings (SSSR count). The van der Waals surface area contributed by atoms with E-state index < -0.39 is 0 Å². The largest absolute Gasteiger partial charge is 0.366 e. The molecule has 228 valence electrons. The number of aromatic nitrogens is 1. The molecule has 1 atom stereocenters. The van der Waals surface area contributed by atoms with Crippen LogP contribution in [0.25, 0.3) is 22.0 Å². The number of pyridine rings is 1. The molecule has 0 spiro atoms. The molecule has 2 saturated heterocycles. The zero-order valence-electron chi connectivity index (χ0n) is 25.2. The smallest absolute Gasteiger partial charge is 0.272 e. The molecule has 0 saturated carbocycles. The summed E-state index contributed by atoms with van der Waals surface area (Å²) in [6.07, 6.45) is 1.67. The number of fused-ring (bicyclic) bond motifs is 1. The highest BCUT2D eigenvalue weighted by Crippen LogP contribution is 2.37. The van der Waals surface area contributed by atoms with Crippen molar-refractivity contribution >= 4 is 34.1 Å². The summed E-state index contributed by atoms with van der Waals surface area (Å²) in [5.41, 5.74) is 5.59. The van der Waals surface area contributed by atoms with Gasteiger partial charge in [0.05, 0.1) is 12.0 Å². The first-order valence-corrected chi connectivity index (χ1v) is 16.2. The number of rotatable bonds is 6. The fourth-order valence-corrected chi connectivity index (χ4v) is 7.35. The van der Waals surface area contributed by atoms with E-state index in [-0.39, 0.29) is 23.4 Å². The highest BCUT2D eigenvalue weighted by atomic mass is 35.5. The van der Waals surface area contributed by atoms with E-state index in [1.165, 1.54) is 11.1 Å². The zero-order valence-corrected chi connectivity index (χ0v) is 26.0. The van der Waals surface area contributed by atoms with Crippen LogP contribution in [0.4, 0.5) is 5.69 Å². The molecule has 2 fully saturated rings. The third-order valence-corrected chi connectivity index (χ3v) is 9.56. The van der Waals surface area contributed by atoms with Crippen LogP contribution in [0.15, 0.2) is 114 Å². The van der Waals surface area contributed by atoms with Crippen LogP contribution in [-0.2, 0) is 4.79 Å². The Hall–Kier alpha value is -4.39. The molecule has 7 heteroatoms. The minimum Gasteiger partial charge on any atom is -0.366 e. The number of nitrogens with zero attached hydrogens (tertiary/aromatic N) is 3. The van der Waals surface area contributed by atoms with Crippen molar-refractivity contribution in [1.29, 1.82) is 0 Å². The van der Waals surface area contributed by atoms with E-state index in [1.54, 1.807) is 6.07 Å². The van der Waals surface area contributed by atoms with Crippen LogP contribution in [0.3, 0.4) is 0 Å². The monoisotopic (exact) mass is 616 g/mol. The number of nitrogens with one attached hydrogen (secondary N) is 1. The summed E-state index contributed by atoms with van der Waals surface area (Å²) in [6, 6.07) is 37.0. The van der Waals surface area contributed by atoms with Crippen molar-refractivity contribution in [2.45, 2.75) is 18.9 Å². The molecule has 1 amide bonds. The molecule has 45 heavy (non-hydrogen) atoms. The van der Waals surface area contributed by atoms with Crippen LogP contribution >= 0.6 is 11.6 Å². The highest BCUT2D eigenvalue weighted by molar-refractivity contribution is 6.31. The fraction of sp³-hybridized carbons (Fsp3) is 0.263. The number of carbonyl (C=O) groups is 1. The van der Waals surface area contributed by atoms with Crippen LogP contribution < -0.4 is 10.5 Å². The Labute approximate surface area is 268 Å². The third kappa shape index (κ3) is 6.00. The second-order valence-corrected chi connectivity index (χ2v) is 12.5. The summed E-state index contributed by atoms with van der Waals surface area (Å²) in [6.45, 7) is 4.23. The van der Waals surface area contributed by atoms with Gasteiger partial charge in [-0.05, 0) is 47.7 Å². The average molecular weight is 617 g/mol.